The highest BCUT2D eigenvalue weighted by molar-refractivity contribution is 6.34. The number of methoxy groups -OCH3 is 1. The van der Waals surface area contributed by atoms with Gasteiger partial charge in [-0.1, -0.05) is 23.7 Å². The molecular formula is C22H18ClN3O3. The number of hydrazone groups is 1. The van der Waals surface area contributed by atoms with Gasteiger partial charge in [0.05, 0.1) is 23.9 Å². The van der Waals surface area contributed by atoms with E-state index in [2.05, 4.69) is 15.8 Å². The highest BCUT2D eigenvalue weighted by atomic mass is 35.5. The molecule has 3 rings (SSSR count). The van der Waals surface area contributed by atoms with E-state index in [0.717, 1.165) is 11.3 Å². The molecule has 2 amide bonds. The highest BCUT2D eigenvalue weighted by Crippen LogP contribution is 2.17. The zero-order valence-corrected chi connectivity index (χ0v) is 16.3. The number of amides is 2. The molecule has 0 aliphatic rings. The molecule has 0 radical (unpaired) electrons. The Bertz CT molecular complexity index is 1030. The maximum Gasteiger partial charge on any atom is 0.271 e. The van der Waals surface area contributed by atoms with Gasteiger partial charge in [0.15, 0.2) is 0 Å². The summed E-state index contributed by atoms with van der Waals surface area (Å²) in [6, 6.07) is 20.5. The lowest BCUT2D eigenvalue weighted by molar-refractivity contribution is 0.0954. The number of nitrogens with one attached hydrogen (secondary N) is 2. The molecule has 3 aromatic rings. The molecule has 0 saturated heterocycles. The van der Waals surface area contributed by atoms with E-state index in [-0.39, 0.29) is 11.8 Å². The van der Waals surface area contributed by atoms with Gasteiger partial charge in [0.25, 0.3) is 11.8 Å². The summed E-state index contributed by atoms with van der Waals surface area (Å²) in [7, 11) is 1.59. The number of hydrogen-bond donors (Lipinski definition) is 2. The van der Waals surface area contributed by atoms with E-state index in [1.807, 2.05) is 12.1 Å². The summed E-state index contributed by atoms with van der Waals surface area (Å²) in [4.78, 5) is 24.5. The maximum absolute atomic E-state index is 12.3. The van der Waals surface area contributed by atoms with Gasteiger partial charge in [-0.15, -0.1) is 0 Å². The molecule has 0 saturated carbocycles. The molecule has 0 bridgehead atoms. The van der Waals surface area contributed by atoms with Crippen molar-refractivity contribution < 1.29 is 14.3 Å². The number of carbonyl (C=O) groups is 2. The molecule has 3 aromatic carbocycles. The molecule has 0 fully saturated rings. The molecule has 0 aliphatic carbocycles. The Morgan fingerprint density at radius 3 is 2.28 bits per heavy atom. The summed E-state index contributed by atoms with van der Waals surface area (Å²) in [6.45, 7) is 0. The quantitative estimate of drug-likeness (QED) is 0.470. The van der Waals surface area contributed by atoms with Crippen molar-refractivity contribution in [2.75, 3.05) is 12.4 Å². The van der Waals surface area contributed by atoms with E-state index in [4.69, 9.17) is 16.3 Å². The maximum atomic E-state index is 12.3. The summed E-state index contributed by atoms with van der Waals surface area (Å²) in [5.41, 5.74) is 4.62. The average Bonchev–Trinajstić information content (AvgIpc) is 2.75. The van der Waals surface area contributed by atoms with Crippen LogP contribution in [0, 0.1) is 0 Å². The van der Waals surface area contributed by atoms with Crippen LogP contribution in [0.15, 0.2) is 77.9 Å². The normalized spacial score (nSPS) is 10.6. The molecule has 6 nitrogen and oxygen atoms in total. The van der Waals surface area contributed by atoms with Crippen LogP contribution in [0.25, 0.3) is 0 Å². The number of carbonyl (C=O) groups excluding carboxylic acids is 2. The Morgan fingerprint density at radius 2 is 1.62 bits per heavy atom. The van der Waals surface area contributed by atoms with Crippen molar-refractivity contribution in [3.05, 3.63) is 94.5 Å². The Hall–Kier alpha value is -3.64. The highest BCUT2D eigenvalue weighted by Gasteiger charge is 2.10. The molecule has 0 aromatic heterocycles. The van der Waals surface area contributed by atoms with Crippen molar-refractivity contribution >= 4 is 35.3 Å². The Kier molecular flexibility index (Phi) is 6.60. The number of rotatable bonds is 6. The van der Waals surface area contributed by atoms with Gasteiger partial charge in [0.2, 0.25) is 0 Å². The number of benzene rings is 3. The van der Waals surface area contributed by atoms with Crippen LogP contribution >= 0.6 is 11.6 Å². The van der Waals surface area contributed by atoms with Crippen LogP contribution in [-0.2, 0) is 0 Å². The van der Waals surface area contributed by atoms with Gasteiger partial charge in [-0.25, -0.2) is 5.43 Å². The van der Waals surface area contributed by atoms with E-state index >= 15 is 0 Å². The Balaban J connectivity index is 1.57. The van der Waals surface area contributed by atoms with E-state index in [9.17, 15) is 9.59 Å². The summed E-state index contributed by atoms with van der Waals surface area (Å²) in [6.07, 6.45) is 1.54. The number of ether oxygens (including phenoxy) is 1. The van der Waals surface area contributed by atoms with Crippen LogP contribution in [0.5, 0.6) is 5.75 Å². The monoisotopic (exact) mass is 407 g/mol. The standard InChI is InChI=1S/C22H18ClN3O3/c1-29-18-12-6-15(7-13-18)14-24-26-21(27)16-8-10-17(11-9-16)25-22(28)19-4-2-3-5-20(19)23/h2-14H,1H3,(H,25,28)(H,26,27)/b24-14-. The lowest BCUT2D eigenvalue weighted by Crippen LogP contribution is -2.18. The lowest BCUT2D eigenvalue weighted by atomic mass is 10.1. The molecule has 7 heteroatoms. The number of anilines is 1. The van der Waals surface area contributed by atoms with Crippen LogP contribution in [0.2, 0.25) is 5.02 Å². The molecular weight excluding hydrogens is 390 g/mol. The summed E-state index contributed by atoms with van der Waals surface area (Å²) >= 11 is 6.03. The minimum Gasteiger partial charge on any atom is -0.497 e. The lowest BCUT2D eigenvalue weighted by Gasteiger charge is -2.07. The zero-order valence-electron chi connectivity index (χ0n) is 15.6. The largest absolute Gasteiger partial charge is 0.497 e. The fourth-order valence-corrected chi connectivity index (χ4v) is 2.69. The minimum absolute atomic E-state index is 0.322. The summed E-state index contributed by atoms with van der Waals surface area (Å²) in [5.74, 6) is 0.0588. The Morgan fingerprint density at radius 1 is 0.931 bits per heavy atom. The van der Waals surface area contributed by atoms with Crippen LogP contribution in [-0.4, -0.2) is 25.1 Å². The predicted molar refractivity (Wildman–Crippen MR) is 114 cm³/mol. The fourth-order valence-electron chi connectivity index (χ4n) is 2.47. The second-order valence-electron chi connectivity index (χ2n) is 5.98. The smallest absolute Gasteiger partial charge is 0.271 e. The SMILES string of the molecule is COc1ccc(/C=N\NC(=O)c2ccc(NC(=O)c3ccccc3Cl)cc2)cc1. The number of nitrogens with zero attached hydrogens (tertiary/aromatic N) is 1. The van der Waals surface area contributed by atoms with Gasteiger partial charge in [-0.2, -0.15) is 5.10 Å². The second kappa shape index (κ2) is 9.52. The number of halogens is 1. The van der Waals surface area contributed by atoms with Gasteiger partial charge in [0, 0.05) is 11.3 Å². The van der Waals surface area contributed by atoms with E-state index < -0.39 is 0 Å². The molecule has 0 spiro atoms. The molecule has 146 valence electrons. The molecule has 0 atom stereocenters. The van der Waals surface area contributed by atoms with Gasteiger partial charge in [-0.05, 0) is 66.2 Å². The van der Waals surface area contributed by atoms with Crippen LogP contribution in [0.4, 0.5) is 5.69 Å². The first kappa shape index (κ1) is 20.1. The van der Waals surface area contributed by atoms with Crippen LogP contribution in [0.3, 0.4) is 0 Å². The van der Waals surface area contributed by atoms with Crippen molar-refractivity contribution in [2.45, 2.75) is 0 Å². The van der Waals surface area contributed by atoms with E-state index in [1.165, 1.54) is 6.21 Å². The summed E-state index contributed by atoms with van der Waals surface area (Å²) < 4.78 is 5.09. The molecule has 2 N–H and O–H groups in total. The van der Waals surface area contributed by atoms with E-state index in [0.29, 0.717) is 21.8 Å². The molecule has 0 aliphatic heterocycles. The van der Waals surface area contributed by atoms with Gasteiger partial charge < -0.3 is 10.1 Å². The van der Waals surface area contributed by atoms with Crippen molar-refractivity contribution in [2.24, 2.45) is 5.10 Å². The third-order valence-corrected chi connectivity index (χ3v) is 4.35. The predicted octanol–water partition coefficient (Wildman–Crippen LogP) is 4.36. The third kappa shape index (κ3) is 5.43. The first-order valence-electron chi connectivity index (χ1n) is 8.70. The van der Waals surface area contributed by atoms with Crippen LogP contribution in [0.1, 0.15) is 26.3 Å². The molecule has 0 heterocycles. The average molecular weight is 408 g/mol. The van der Waals surface area contributed by atoms with Gasteiger partial charge in [-0.3, -0.25) is 9.59 Å². The first-order valence-corrected chi connectivity index (χ1v) is 9.08. The molecule has 0 unspecified atom stereocenters. The fraction of sp³-hybridized carbons (Fsp3) is 0.0455. The van der Waals surface area contributed by atoms with Crippen molar-refractivity contribution in [1.29, 1.82) is 0 Å². The second-order valence-corrected chi connectivity index (χ2v) is 6.39. The van der Waals surface area contributed by atoms with E-state index in [1.54, 1.807) is 67.8 Å². The zero-order chi connectivity index (χ0) is 20.6. The number of hydrogen-bond acceptors (Lipinski definition) is 4. The molecule has 29 heavy (non-hydrogen) atoms. The summed E-state index contributed by atoms with van der Waals surface area (Å²) in [5, 5.41) is 7.06. The third-order valence-electron chi connectivity index (χ3n) is 4.02. The Labute approximate surface area is 173 Å². The van der Waals surface area contributed by atoms with Crippen molar-refractivity contribution in [1.82, 2.24) is 5.43 Å². The van der Waals surface area contributed by atoms with Crippen LogP contribution < -0.4 is 15.5 Å². The van der Waals surface area contributed by atoms with Crippen molar-refractivity contribution in [3.8, 4) is 5.75 Å². The first-order chi connectivity index (χ1) is 14.1. The van der Waals surface area contributed by atoms with Gasteiger partial charge >= 0.3 is 0 Å². The van der Waals surface area contributed by atoms with Gasteiger partial charge in [0.1, 0.15) is 5.75 Å². The van der Waals surface area contributed by atoms with Crippen molar-refractivity contribution in [3.63, 3.8) is 0 Å². The minimum atomic E-state index is -0.362. The topological polar surface area (TPSA) is 79.8 Å².